The number of aryl methyl sites for hydroxylation is 1. The highest BCUT2D eigenvalue weighted by Gasteiger charge is 2.39. The third kappa shape index (κ3) is 6.23. The summed E-state index contributed by atoms with van der Waals surface area (Å²) in [5, 5.41) is 0. The molecule has 8 nitrogen and oxygen atoms in total. The molecule has 8 heteroatoms. The van der Waals surface area contributed by atoms with Crippen molar-refractivity contribution in [3.63, 3.8) is 0 Å². The molecule has 278 valence electrons. The van der Waals surface area contributed by atoms with Crippen molar-refractivity contribution in [2.24, 2.45) is 0 Å². The van der Waals surface area contributed by atoms with Gasteiger partial charge in [0.25, 0.3) is 23.6 Å². The Hall–Kier alpha value is -6.80. The molecular formula is C48H40N2O6. The van der Waals surface area contributed by atoms with Crippen LogP contribution in [-0.4, -0.2) is 35.6 Å². The number of hydrogen-bond donors (Lipinski definition) is 0. The molecule has 0 aromatic heterocycles. The molecule has 2 aliphatic heterocycles. The molecule has 0 bridgehead atoms. The number of amides is 4. The first-order valence-corrected chi connectivity index (χ1v) is 18.5. The standard InChI is InChI=1S/C48H40N2O6/c1-29-7-17-35(18-8-29)55-36-19-9-30(10-20-36)47(2,3)31-11-21-37(22-12-31)56-38-23-15-34(16-24-38)50-45(53)40-26-14-33(28-42(40)46(50)54)48(4,5)32-13-25-39-41(27-32)44(52)49(6)43(39)51/h7-28H,1-6H3. The van der Waals surface area contributed by atoms with Gasteiger partial charge in [0.2, 0.25) is 0 Å². The highest BCUT2D eigenvalue weighted by molar-refractivity contribution is 6.34. The number of imide groups is 2. The molecule has 0 atom stereocenters. The number of rotatable bonds is 9. The maximum atomic E-state index is 13.8. The van der Waals surface area contributed by atoms with E-state index < -0.39 is 17.2 Å². The molecule has 0 fully saturated rings. The van der Waals surface area contributed by atoms with Crippen LogP contribution in [0.1, 0.15) is 96.9 Å². The molecule has 0 saturated carbocycles. The largest absolute Gasteiger partial charge is 0.457 e. The van der Waals surface area contributed by atoms with Crippen LogP contribution in [0.25, 0.3) is 0 Å². The van der Waals surface area contributed by atoms with E-state index in [9.17, 15) is 19.2 Å². The maximum absolute atomic E-state index is 13.8. The predicted octanol–water partition coefficient (Wildman–Crippen LogP) is 10.3. The van der Waals surface area contributed by atoms with Gasteiger partial charge in [-0.3, -0.25) is 24.1 Å². The van der Waals surface area contributed by atoms with E-state index in [4.69, 9.17) is 9.47 Å². The lowest BCUT2D eigenvalue weighted by atomic mass is 9.76. The van der Waals surface area contributed by atoms with Crippen molar-refractivity contribution in [1.29, 1.82) is 0 Å². The Morgan fingerprint density at radius 1 is 0.411 bits per heavy atom. The summed E-state index contributed by atoms with van der Waals surface area (Å²) < 4.78 is 12.2. The van der Waals surface area contributed by atoms with Crippen molar-refractivity contribution < 1.29 is 28.7 Å². The first-order valence-electron chi connectivity index (χ1n) is 18.5. The van der Waals surface area contributed by atoms with E-state index in [-0.39, 0.29) is 17.2 Å². The van der Waals surface area contributed by atoms with Crippen molar-refractivity contribution in [3.05, 3.63) is 184 Å². The quantitative estimate of drug-likeness (QED) is 0.137. The molecule has 0 spiro atoms. The zero-order chi connectivity index (χ0) is 39.5. The summed E-state index contributed by atoms with van der Waals surface area (Å²) in [5.74, 6) is 1.31. The molecular weight excluding hydrogens is 701 g/mol. The average molecular weight is 741 g/mol. The Bertz CT molecular complexity index is 2550. The Balaban J connectivity index is 0.938. The van der Waals surface area contributed by atoms with E-state index in [0.29, 0.717) is 39.4 Å². The summed E-state index contributed by atoms with van der Waals surface area (Å²) >= 11 is 0. The van der Waals surface area contributed by atoms with Crippen molar-refractivity contribution in [2.45, 2.75) is 45.4 Å². The van der Waals surface area contributed by atoms with Gasteiger partial charge in [-0.15, -0.1) is 0 Å². The third-order valence-corrected chi connectivity index (χ3v) is 11.2. The number of carbonyl (C=O) groups excluding carboxylic acids is 4. The zero-order valence-electron chi connectivity index (χ0n) is 32.0. The molecule has 2 heterocycles. The summed E-state index contributed by atoms with van der Waals surface area (Å²) in [6, 6.07) is 41.5. The molecule has 4 amide bonds. The fourth-order valence-electron chi connectivity index (χ4n) is 7.37. The predicted molar refractivity (Wildman–Crippen MR) is 215 cm³/mol. The molecule has 0 unspecified atom stereocenters. The molecule has 0 radical (unpaired) electrons. The molecule has 0 aliphatic carbocycles. The van der Waals surface area contributed by atoms with Gasteiger partial charge in [-0.05, 0) is 114 Å². The summed E-state index contributed by atoms with van der Waals surface area (Å²) in [4.78, 5) is 54.7. The molecule has 2 aliphatic rings. The Kier molecular flexibility index (Phi) is 8.72. The van der Waals surface area contributed by atoms with Crippen LogP contribution in [0.3, 0.4) is 0 Å². The van der Waals surface area contributed by atoms with Crippen molar-refractivity contribution >= 4 is 29.3 Å². The van der Waals surface area contributed by atoms with Crippen LogP contribution in [-0.2, 0) is 10.8 Å². The van der Waals surface area contributed by atoms with Crippen LogP contribution in [0.2, 0.25) is 0 Å². The average Bonchev–Trinajstić information content (AvgIpc) is 3.58. The summed E-state index contributed by atoms with van der Waals surface area (Å²) in [7, 11) is 1.47. The van der Waals surface area contributed by atoms with E-state index >= 15 is 0 Å². The van der Waals surface area contributed by atoms with Gasteiger partial charge in [-0.1, -0.05) is 81.8 Å². The minimum atomic E-state index is -0.638. The lowest BCUT2D eigenvalue weighted by molar-refractivity contribution is 0.0692. The lowest BCUT2D eigenvalue weighted by Gasteiger charge is -2.27. The van der Waals surface area contributed by atoms with Crippen LogP contribution in [0.15, 0.2) is 133 Å². The van der Waals surface area contributed by atoms with Gasteiger partial charge in [0, 0.05) is 17.9 Å². The van der Waals surface area contributed by atoms with Crippen molar-refractivity contribution in [3.8, 4) is 23.0 Å². The van der Waals surface area contributed by atoms with E-state index in [0.717, 1.165) is 38.7 Å². The summed E-state index contributed by atoms with van der Waals surface area (Å²) in [5.41, 5.74) is 5.95. The van der Waals surface area contributed by atoms with Crippen LogP contribution < -0.4 is 14.4 Å². The van der Waals surface area contributed by atoms with Crippen molar-refractivity contribution in [1.82, 2.24) is 4.90 Å². The topological polar surface area (TPSA) is 93.2 Å². The Labute approximate surface area is 325 Å². The van der Waals surface area contributed by atoms with E-state index in [1.807, 2.05) is 81.4 Å². The second-order valence-electron chi connectivity index (χ2n) is 15.4. The molecule has 6 aromatic rings. The maximum Gasteiger partial charge on any atom is 0.266 e. The molecule has 6 aromatic carbocycles. The minimum absolute atomic E-state index is 0.271. The van der Waals surface area contributed by atoms with Crippen LogP contribution in [0.5, 0.6) is 23.0 Å². The number of fused-ring (bicyclic) bond motifs is 2. The van der Waals surface area contributed by atoms with Gasteiger partial charge in [0.1, 0.15) is 23.0 Å². The number of benzene rings is 6. The van der Waals surface area contributed by atoms with Gasteiger partial charge in [-0.25, -0.2) is 4.90 Å². The van der Waals surface area contributed by atoms with Crippen LogP contribution in [0, 0.1) is 6.92 Å². The normalized spacial score (nSPS) is 14.0. The Morgan fingerprint density at radius 2 is 0.750 bits per heavy atom. The van der Waals surface area contributed by atoms with Gasteiger partial charge < -0.3 is 9.47 Å². The van der Waals surface area contributed by atoms with Crippen LogP contribution >= 0.6 is 0 Å². The molecule has 56 heavy (non-hydrogen) atoms. The molecule has 0 N–H and O–H groups in total. The monoisotopic (exact) mass is 740 g/mol. The zero-order valence-corrected chi connectivity index (χ0v) is 32.0. The first-order chi connectivity index (χ1) is 26.7. The first kappa shape index (κ1) is 36.2. The van der Waals surface area contributed by atoms with E-state index in [1.165, 1.54) is 17.5 Å². The second kappa shape index (κ2) is 13.5. The minimum Gasteiger partial charge on any atom is -0.457 e. The number of ether oxygens (including phenoxy) is 2. The molecule has 0 saturated heterocycles. The van der Waals surface area contributed by atoms with Gasteiger partial charge in [0.15, 0.2) is 0 Å². The third-order valence-electron chi connectivity index (χ3n) is 11.2. The summed E-state index contributed by atoms with van der Waals surface area (Å²) in [6.07, 6.45) is 0. The SMILES string of the molecule is Cc1ccc(Oc2ccc(C(C)(C)c3ccc(Oc4ccc(N5C(=O)c6ccc(C(C)(C)c7ccc8c(c7)C(=O)N(C)C8=O)cc6C5=O)cc4)cc3)cc2)cc1. The van der Waals surface area contributed by atoms with E-state index in [2.05, 4.69) is 38.1 Å². The number of anilines is 1. The fourth-order valence-corrected chi connectivity index (χ4v) is 7.37. The number of nitrogens with zero attached hydrogens (tertiary/aromatic N) is 2. The van der Waals surface area contributed by atoms with Crippen LogP contribution in [0.4, 0.5) is 5.69 Å². The van der Waals surface area contributed by atoms with Crippen molar-refractivity contribution in [2.75, 3.05) is 11.9 Å². The fraction of sp³-hybridized carbons (Fsp3) is 0.167. The van der Waals surface area contributed by atoms with Gasteiger partial charge in [-0.2, -0.15) is 0 Å². The highest BCUT2D eigenvalue weighted by atomic mass is 16.5. The number of carbonyl (C=O) groups is 4. The number of hydrogen-bond acceptors (Lipinski definition) is 6. The van der Waals surface area contributed by atoms with Gasteiger partial charge >= 0.3 is 0 Å². The summed E-state index contributed by atoms with van der Waals surface area (Å²) in [6.45, 7) is 10.4. The smallest absolute Gasteiger partial charge is 0.266 e. The second-order valence-corrected chi connectivity index (χ2v) is 15.4. The lowest BCUT2D eigenvalue weighted by Crippen LogP contribution is -2.29. The highest BCUT2D eigenvalue weighted by Crippen LogP contribution is 2.39. The van der Waals surface area contributed by atoms with E-state index in [1.54, 1.807) is 48.5 Å². The Morgan fingerprint density at radius 3 is 1.23 bits per heavy atom. The van der Waals surface area contributed by atoms with Gasteiger partial charge in [0.05, 0.1) is 27.9 Å². The molecule has 8 rings (SSSR count).